The Morgan fingerprint density at radius 3 is 2.48 bits per heavy atom. The summed E-state index contributed by atoms with van der Waals surface area (Å²) in [5, 5.41) is 2.68. The maximum Gasteiger partial charge on any atom is 0.262 e. The van der Waals surface area contributed by atoms with Crippen LogP contribution < -0.4 is 11.1 Å². The first-order valence-electron chi connectivity index (χ1n) is 7.05. The highest BCUT2D eigenvalue weighted by Gasteiger charge is 2.14. The molecule has 2 heterocycles. The molecule has 0 radical (unpaired) electrons. The third-order valence-electron chi connectivity index (χ3n) is 3.25. The molecule has 0 saturated heterocycles. The van der Waals surface area contributed by atoms with E-state index >= 15 is 0 Å². The van der Waals surface area contributed by atoms with Gasteiger partial charge in [0.05, 0.1) is 0 Å². The van der Waals surface area contributed by atoms with Gasteiger partial charge in [0.25, 0.3) is 5.91 Å². The number of aryl methyl sites for hydroxylation is 1. The van der Waals surface area contributed by atoms with Gasteiger partial charge in [-0.3, -0.25) is 4.79 Å². The average Bonchev–Trinajstić information content (AvgIpc) is 2.57. The third-order valence-corrected chi connectivity index (χ3v) is 3.25. The summed E-state index contributed by atoms with van der Waals surface area (Å²) in [5.41, 5.74) is 7.97. The minimum atomic E-state index is -0.390. The van der Waals surface area contributed by atoms with Gasteiger partial charge in [-0.15, -0.1) is 0 Å². The summed E-state index contributed by atoms with van der Waals surface area (Å²) in [6.45, 7) is 1.92. The lowest BCUT2D eigenvalue weighted by Crippen LogP contribution is -2.16. The van der Waals surface area contributed by atoms with Gasteiger partial charge in [-0.05, 0) is 18.6 Å². The molecule has 0 atom stereocenters. The van der Waals surface area contributed by atoms with E-state index in [1.807, 2.05) is 43.3 Å². The van der Waals surface area contributed by atoms with Crippen molar-refractivity contribution < 1.29 is 4.79 Å². The Kier molecular flexibility index (Phi) is 3.97. The van der Waals surface area contributed by atoms with Crippen LogP contribution in [-0.4, -0.2) is 20.9 Å². The second kappa shape index (κ2) is 6.23. The highest BCUT2D eigenvalue weighted by molar-refractivity contribution is 6.06. The maximum atomic E-state index is 12.3. The Balaban J connectivity index is 1.83. The van der Waals surface area contributed by atoms with E-state index in [4.69, 9.17) is 5.73 Å². The number of nitrogens with two attached hydrogens (primary N) is 1. The number of hydrogen-bond acceptors (Lipinski definition) is 5. The number of aromatic nitrogens is 3. The first-order chi connectivity index (χ1) is 11.1. The number of carbonyl (C=O) groups excluding carboxylic acids is 1. The van der Waals surface area contributed by atoms with Crippen LogP contribution in [0, 0.1) is 6.92 Å². The van der Waals surface area contributed by atoms with Crippen molar-refractivity contribution in [2.24, 2.45) is 0 Å². The number of nitrogens with one attached hydrogen (secondary N) is 1. The summed E-state index contributed by atoms with van der Waals surface area (Å²) >= 11 is 0. The molecule has 0 spiro atoms. The van der Waals surface area contributed by atoms with Crippen LogP contribution in [0.15, 0.2) is 54.9 Å². The van der Waals surface area contributed by atoms with Crippen molar-refractivity contribution in [2.45, 2.75) is 6.92 Å². The number of amides is 1. The van der Waals surface area contributed by atoms with Gasteiger partial charge in [-0.1, -0.05) is 36.4 Å². The van der Waals surface area contributed by atoms with Crippen LogP contribution in [0.1, 0.15) is 15.9 Å². The molecule has 1 amide bonds. The minimum Gasteiger partial charge on any atom is -0.383 e. The Bertz CT molecular complexity index is 831. The number of carbonyl (C=O) groups is 1. The molecule has 0 aliphatic rings. The van der Waals surface area contributed by atoms with Crippen molar-refractivity contribution in [1.82, 2.24) is 15.0 Å². The fraction of sp³-hybridized carbons (Fsp3) is 0.0588. The van der Waals surface area contributed by atoms with E-state index in [1.54, 1.807) is 12.3 Å². The largest absolute Gasteiger partial charge is 0.383 e. The summed E-state index contributed by atoms with van der Waals surface area (Å²) in [6, 6.07) is 13.0. The van der Waals surface area contributed by atoms with E-state index in [0.29, 0.717) is 11.6 Å². The van der Waals surface area contributed by atoms with E-state index in [0.717, 1.165) is 11.1 Å². The molecule has 6 heteroatoms. The van der Waals surface area contributed by atoms with Gasteiger partial charge in [0, 0.05) is 18.0 Å². The first-order valence-corrected chi connectivity index (χ1v) is 7.05. The summed E-state index contributed by atoms with van der Waals surface area (Å²) in [5.74, 6) is 0.669. The van der Waals surface area contributed by atoms with Gasteiger partial charge < -0.3 is 11.1 Å². The lowest BCUT2D eigenvalue weighted by atomic mass is 10.2. The number of hydrogen-bond donors (Lipinski definition) is 2. The normalized spacial score (nSPS) is 10.3. The lowest BCUT2D eigenvalue weighted by Gasteiger charge is -2.07. The molecule has 0 bridgehead atoms. The second-order valence-corrected chi connectivity index (χ2v) is 5.03. The molecule has 2 aromatic heterocycles. The Morgan fingerprint density at radius 1 is 1.04 bits per heavy atom. The molecule has 3 aromatic rings. The monoisotopic (exact) mass is 305 g/mol. The van der Waals surface area contributed by atoms with Crippen molar-refractivity contribution in [3.05, 3.63) is 66.0 Å². The number of nitrogen functional groups attached to an aromatic ring is 1. The zero-order chi connectivity index (χ0) is 16.2. The highest BCUT2D eigenvalue weighted by Crippen LogP contribution is 2.18. The SMILES string of the molecule is Cc1ccc(NC(=O)c2cnc(-c3ccccc3)nc2N)nc1. The molecule has 0 aliphatic carbocycles. The number of pyridine rings is 1. The molecule has 23 heavy (non-hydrogen) atoms. The number of anilines is 2. The predicted octanol–water partition coefficient (Wildman–Crippen LogP) is 2.68. The van der Waals surface area contributed by atoms with Gasteiger partial charge in [0.2, 0.25) is 0 Å². The fourth-order valence-corrected chi connectivity index (χ4v) is 2.02. The van der Waals surface area contributed by atoms with Gasteiger partial charge in [0.1, 0.15) is 17.2 Å². The topological polar surface area (TPSA) is 93.8 Å². The fourth-order valence-electron chi connectivity index (χ4n) is 2.02. The van der Waals surface area contributed by atoms with Crippen LogP contribution in [0.4, 0.5) is 11.6 Å². The van der Waals surface area contributed by atoms with Crippen molar-refractivity contribution >= 4 is 17.5 Å². The molecule has 6 nitrogen and oxygen atoms in total. The molecule has 114 valence electrons. The predicted molar refractivity (Wildman–Crippen MR) is 88.8 cm³/mol. The van der Waals surface area contributed by atoms with Crippen LogP contribution in [0.2, 0.25) is 0 Å². The molecular weight excluding hydrogens is 290 g/mol. The van der Waals surface area contributed by atoms with Crippen molar-refractivity contribution in [1.29, 1.82) is 0 Å². The highest BCUT2D eigenvalue weighted by atomic mass is 16.1. The molecular formula is C17H15N5O. The van der Waals surface area contributed by atoms with Crippen molar-refractivity contribution in [3.63, 3.8) is 0 Å². The van der Waals surface area contributed by atoms with E-state index in [9.17, 15) is 4.79 Å². The summed E-state index contributed by atoms with van der Waals surface area (Å²) < 4.78 is 0. The summed E-state index contributed by atoms with van der Waals surface area (Å²) in [7, 11) is 0. The number of rotatable bonds is 3. The van der Waals surface area contributed by atoms with Gasteiger partial charge in [0.15, 0.2) is 5.82 Å². The number of benzene rings is 1. The van der Waals surface area contributed by atoms with Crippen LogP contribution >= 0.6 is 0 Å². The van der Waals surface area contributed by atoms with Gasteiger partial charge >= 0.3 is 0 Å². The molecule has 0 unspecified atom stereocenters. The lowest BCUT2D eigenvalue weighted by molar-refractivity contribution is 0.102. The van der Waals surface area contributed by atoms with Crippen molar-refractivity contribution in [2.75, 3.05) is 11.1 Å². The average molecular weight is 305 g/mol. The van der Waals surface area contributed by atoms with Gasteiger partial charge in [-0.25, -0.2) is 15.0 Å². The van der Waals surface area contributed by atoms with Gasteiger partial charge in [-0.2, -0.15) is 0 Å². The molecule has 0 saturated carbocycles. The molecule has 0 aliphatic heterocycles. The number of nitrogens with zero attached hydrogens (tertiary/aromatic N) is 3. The molecule has 0 fully saturated rings. The Morgan fingerprint density at radius 2 is 1.83 bits per heavy atom. The van der Waals surface area contributed by atoms with E-state index < -0.39 is 5.91 Å². The zero-order valence-corrected chi connectivity index (χ0v) is 12.5. The Labute approximate surface area is 133 Å². The molecule has 3 rings (SSSR count). The zero-order valence-electron chi connectivity index (χ0n) is 12.5. The quantitative estimate of drug-likeness (QED) is 0.776. The summed E-state index contributed by atoms with van der Waals surface area (Å²) in [6.07, 6.45) is 3.10. The second-order valence-electron chi connectivity index (χ2n) is 5.03. The van der Waals surface area contributed by atoms with Crippen LogP contribution in [0.3, 0.4) is 0 Å². The van der Waals surface area contributed by atoms with Crippen LogP contribution in [0.5, 0.6) is 0 Å². The molecule has 1 aromatic carbocycles. The maximum absolute atomic E-state index is 12.3. The first kappa shape index (κ1) is 14.6. The Hall–Kier alpha value is -3.28. The smallest absolute Gasteiger partial charge is 0.262 e. The third kappa shape index (κ3) is 3.32. The summed E-state index contributed by atoms with van der Waals surface area (Å²) in [4.78, 5) is 24.8. The molecule has 3 N–H and O–H groups in total. The van der Waals surface area contributed by atoms with Crippen LogP contribution in [-0.2, 0) is 0 Å². The standard InChI is InChI=1S/C17H15N5O/c1-11-7-8-14(19-9-11)21-17(23)13-10-20-16(22-15(13)18)12-5-3-2-4-6-12/h2-10H,1H3,(H2,18,20,22)(H,19,21,23). The minimum absolute atomic E-state index is 0.128. The van der Waals surface area contributed by atoms with Crippen LogP contribution in [0.25, 0.3) is 11.4 Å². The van der Waals surface area contributed by atoms with E-state index in [1.165, 1.54) is 6.20 Å². The van der Waals surface area contributed by atoms with Crippen molar-refractivity contribution in [3.8, 4) is 11.4 Å². The van der Waals surface area contributed by atoms with E-state index in [2.05, 4.69) is 20.3 Å². The van der Waals surface area contributed by atoms with E-state index in [-0.39, 0.29) is 11.4 Å².